The Kier molecular flexibility index (Phi) is 12.0. The van der Waals surface area contributed by atoms with Crippen molar-refractivity contribution in [2.45, 2.75) is 43.4 Å². The lowest BCUT2D eigenvalue weighted by atomic mass is 10.1. The van der Waals surface area contributed by atoms with Crippen molar-refractivity contribution in [1.29, 1.82) is 0 Å². The lowest BCUT2D eigenvalue weighted by Crippen LogP contribution is -2.58. The van der Waals surface area contributed by atoms with Crippen LogP contribution in [0.1, 0.15) is 18.5 Å². The molecule has 13 N–H and O–H groups in total. The Bertz CT molecular complexity index is 843. The molecule has 16 nitrogen and oxygen atoms in total. The zero-order chi connectivity index (χ0) is 25.7. The SMILES string of the molecule is NC(N)=NCCCC(N)C(=O)NC(Cc1cnc[nH]1)C(=O)NC(CO)C(=O)NC(CO)C(=O)O. The van der Waals surface area contributed by atoms with E-state index in [-0.39, 0.29) is 25.3 Å². The Morgan fingerprint density at radius 2 is 1.59 bits per heavy atom. The number of aliphatic hydroxyl groups is 2. The Morgan fingerprint density at radius 1 is 1.00 bits per heavy atom. The monoisotopic (exact) mass is 485 g/mol. The number of H-pyrrole nitrogens is 1. The molecule has 0 saturated heterocycles. The van der Waals surface area contributed by atoms with Gasteiger partial charge in [0.25, 0.3) is 0 Å². The number of guanidine groups is 1. The number of nitrogens with zero attached hydrogens (tertiary/aromatic N) is 2. The van der Waals surface area contributed by atoms with Gasteiger partial charge in [0.05, 0.1) is 25.6 Å². The van der Waals surface area contributed by atoms with Crippen molar-refractivity contribution in [2.75, 3.05) is 19.8 Å². The highest BCUT2D eigenvalue weighted by molar-refractivity contribution is 5.94. The van der Waals surface area contributed by atoms with Crippen LogP contribution >= 0.6 is 0 Å². The molecule has 34 heavy (non-hydrogen) atoms. The topological polar surface area (TPSA) is 284 Å². The first-order chi connectivity index (χ1) is 16.1. The van der Waals surface area contributed by atoms with Gasteiger partial charge in [0, 0.05) is 24.9 Å². The number of hydrogen-bond acceptors (Lipinski definition) is 9. The zero-order valence-corrected chi connectivity index (χ0v) is 18.3. The van der Waals surface area contributed by atoms with Crippen molar-refractivity contribution in [3.8, 4) is 0 Å². The Morgan fingerprint density at radius 3 is 2.12 bits per heavy atom. The van der Waals surface area contributed by atoms with Crippen molar-refractivity contribution >= 4 is 29.7 Å². The number of hydrogen-bond donors (Lipinski definition) is 10. The summed E-state index contributed by atoms with van der Waals surface area (Å²) in [5.41, 5.74) is 16.8. The van der Waals surface area contributed by atoms with Gasteiger partial charge in [-0.2, -0.15) is 0 Å². The normalized spacial score (nSPS) is 14.2. The number of carbonyl (C=O) groups is 4. The number of aromatic nitrogens is 2. The number of aliphatic imine (C=N–C) groups is 1. The van der Waals surface area contributed by atoms with Crippen LogP contribution in [0.15, 0.2) is 17.5 Å². The van der Waals surface area contributed by atoms with Crippen LogP contribution in [0, 0.1) is 0 Å². The standard InChI is InChI=1S/C18H31N9O7/c19-10(2-1-3-23-18(20)21)14(30)25-11(4-9-5-22-8-24-9)15(31)26-12(6-28)16(32)27-13(7-29)17(33)34/h5,8,10-13,28-29H,1-4,6-7,19H2,(H,22,24)(H,25,30)(H,26,31)(H,27,32)(H,33,34)(H4,20,21,23). The van der Waals surface area contributed by atoms with Crippen molar-refractivity contribution in [3.05, 3.63) is 18.2 Å². The molecule has 190 valence electrons. The van der Waals surface area contributed by atoms with Crippen LogP contribution in [0.25, 0.3) is 0 Å². The van der Waals surface area contributed by atoms with E-state index in [1.54, 1.807) is 0 Å². The van der Waals surface area contributed by atoms with Crippen LogP contribution in [0.4, 0.5) is 0 Å². The third-order valence-electron chi connectivity index (χ3n) is 4.53. The molecule has 0 radical (unpaired) electrons. The Labute approximate surface area is 194 Å². The highest BCUT2D eigenvalue weighted by atomic mass is 16.4. The third kappa shape index (κ3) is 9.80. The summed E-state index contributed by atoms with van der Waals surface area (Å²) < 4.78 is 0. The molecule has 3 amide bonds. The molecular weight excluding hydrogens is 454 g/mol. The minimum Gasteiger partial charge on any atom is -0.480 e. The van der Waals surface area contributed by atoms with E-state index in [4.69, 9.17) is 27.4 Å². The molecule has 0 aromatic carbocycles. The molecule has 1 heterocycles. The number of rotatable bonds is 15. The number of nitrogens with one attached hydrogen (secondary N) is 4. The molecule has 0 spiro atoms. The maximum absolute atomic E-state index is 12.8. The van der Waals surface area contributed by atoms with Crippen LogP contribution in [0.3, 0.4) is 0 Å². The summed E-state index contributed by atoms with van der Waals surface area (Å²) in [5.74, 6) is -4.14. The van der Waals surface area contributed by atoms with Gasteiger partial charge < -0.3 is 53.5 Å². The van der Waals surface area contributed by atoms with Gasteiger partial charge >= 0.3 is 5.97 Å². The average Bonchev–Trinajstić information content (AvgIpc) is 3.30. The van der Waals surface area contributed by atoms with E-state index in [1.165, 1.54) is 12.5 Å². The van der Waals surface area contributed by atoms with Gasteiger partial charge in [-0.15, -0.1) is 0 Å². The van der Waals surface area contributed by atoms with Crippen molar-refractivity contribution < 1.29 is 34.5 Å². The number of carboxylic acid groups (broad SMARTS) is 1. The number of nitrogens with two attached hydrogens (primary N) is 3. The smallest absolute Gasteiger partial charge is 0.328 e. The maximum atomic E-state index is 12.8. The number of aliphatic carboxylic acids is 1. The van der Waals surface area contributed by atoms with E-state index < -0.39 is 61.1 Å². The number of aromatic amines is 1. The molecule has 0 aliphatic carbocycles. The molecule has 4 atom stereocenters. The summed E-state index contributed by atoms with van der Waals surface area (Å²) >= 11 is 0. The molecule has 16 heteroatoms. The van der Waals surface area contributed by atoms with Gasteiger partial charge in [-0.05, 0) is 12.8 Å². The number of carbonyl (C=O) groups excluding carboxylic acids is 3. The van der Waals surface area contributed by atoms with E-state index in [1.807, 2.05) is 5.32 Å². The first-order valence-corrected chi connectivity index (χ1v) is 10.2. The van der Waals surface area contributed by atoms with Crippen LogP contribution in [0.2, 0.25) is 0 Å². The van der Waals surface area contributed by atoms with Gasteiger partial charge in [-0.3, -0.25) is 19.4 Å². The molecule has 0 fully saturated rings. The summed E-state index contributed by atoms with van der Waals surface area (Å²) in [6, 6.07) is -5.37. The summed E-state index contributed by atoms with van der Waals surface area (Å²) in [5, 5.41) is 34.2. The van der Waals surface area contributed by atoms with E-state index in [2.05, 4.69) is 25.6 Å². The second kappa shape index (κ2) is 14.4. The zero-order valence-electron chi connectivity index (χ0n) is 18.3. The molecule has 0 saturated carbocycles. The minimum atomic E-state index is -1.63. The maximum Gasteiger partial charge on any atom is 0.328 e. The fourth-order valence-electron chi connectivity index (χ4n) is 2.68. The van der Waals surface area contributed by atoms with E-state index >= 15 is 0 Å². The van der Waals surface area contributed by atoms with E-state index in [0.717, 1.165) is 0 Å². The van der Waals surface area contributed by atoms with Gasteiger partial charge in [-0.1, -0.05) is 0 Å². The lowest BCUT2D eigenvalue weighted by molar-refractivity contribution is -0.143. The quantitative estimate of drug-likeness (QED) is 0.0636. The van der Waals surface area contributed by atoms with E-state index in [9.17, 15) is 24.3 Å². The first-order valence-electron chi connectivity index (χ1n) is 10.2. The van der Waals surface area contributed by atoms with Crippen molar-refractivity contribution in [1.82, 2.24) is 25.9 Å². The Hall–Kier alpha value is -3.76. The van der Waals surface area contributed by atoms with Gasteiger partial charge in [-0.25, -0.2) is 9.78 Å². The molecular formula is C18H31N9O7. The molecule has 4 unspecified atom stereocenters. The van der Waals surface area contributed by atoms with Crippen molar-refractivity contribution in [3.63, 3.8) is 0 Å². The lowest BCUT2D eigenvalue weighted by Gasteiger charge is -2.24. The third-order valence-corrected chi connectivity index (χ3v) is 4.53. The van der Waals surface area contributed by atoms with Crippen LogP contribution < -0.4 is 33.2 Å². The molecule has 1 rings (SSSR count). The number of imidazole rings is 1. The number of amides is 3. The highest BCUT2D eigenvalue weighted by Gasteiger charge is 2.30. The fourth-order valence-corrected chi connectivity index (χ4v) is 2.68. The van der Waals surface area contributed by atoms with Gasteiger partial charge in [0.1, 0.15) is 18.1 Å². The summed E-state index contributed by atoms with van der Waals surface area (Å²) in [7, 11) is 0. The van der Waals surface area contributed by atoms with Crippen molar-refractivity contribution in [2.24, 2.45) is 22.2 Å². The molecule has 0 aliphatic heterocycles. The molecule has 1 aromatic heterocycles. The first kappa shape index (κ1) is 28.3. The molecule has 0 aliphatic rings. The second-order valence-electron chi connectivity index (χ2n) is 7.22. The predicted molar refractivity (Wildman–Crippen MR) is 118 cm³/mol. The van der Waals surface area contributed by atoms with E-state index in [0.29, 0.717) is 12.1 Å². The average molecular weight is 486 g/mol. The fraction of sp³-hybridized carbons (Fsp3) is 0.556. The minimum absolute atomic E-state index is 0.0492. The predicted octanol–water partition coefficient (Wildman–Crippen LogP) is -5.14. The summed E-state index contributed by atoms with van der Waals surface area (Å²) in [6.07, 6.45) is 3.38. The van der Waals surface area contributed by atoms with Crippen LogP contribution in [-0.4, -0.2) is 98.9 Å². The molecule has 0 bridgehead atoms. The van der Waals surface area contributed by atoms with Gasteiger partial charge in [0.2, 0.25) is 17.7 Å². The summed E-state index contributed by atoms with van der Waals surface area (Å²) in [4.78, 5) is 59.0. The second-order valence-corrected chi connectivity index (χ2v) is 7.22. The molecule has 1 aromatic rings. The largest absolute Gasteiger partial charge is 0.480 e. The van der Waals surface area contributed by atoms with Crippen LogP contribution in [0.5, 0.6) is 0 Å². The van der Waals surface area contributed by atoms with Gasteiger partial charge in [0.15, 0.2) is 5.96 Å². The highest BCUT2D eigenvalue weighted by Crippen LogP contribution is 2.03. The number of aliphatic hydroxyl groups excluding tert-OH is 2. The summed E-state index contributed by atoms with van der Waals surface area (Å²) in [6.45, 7) is -1.50. The Balaban J connectivity index is 2.84. The number of carboxylic acids is 1. The van der Waals surface area contributed by atoms with Crippen LogP contribution in [-0.2, 0) is 25.6 Å².